The number of hydrogen-bond acceptors (Lipinski definition) is 7. The number of nitrogens with zero attached hydrogens (tertiary/aromatic N) is 2. The van der Waals surface area contributed by atoms with E-state index in [0.29, 0.717) is 11.3 Å². The Kier molecular flexibility index (Phi) is 6.29. The molecule has 1 amide bonds. The molecule has 0 saturated carbocycles. The number of halogens is 1. The van der Waals surface area contributed by atoms with E-state index < -0.39 is 5.97 Å². The molecule has 0 bridgehead atoms. The van der Waals surface area contributed by atoms with Crippen molar-refractivity contribution in [3.05, 3.63) is 41.3 Å². The molecule has 2 aromatic rings. The highest BCUT2D eigenvalue weighted by Gasteiger charge is 2.14. The van der Waals surface area contributed by atoms with Crippen LogP contribution in [0.25, 0.3) is 0 Å². The molecule has 0 spiro atoms. The van der Waals surface area contributed by atoms with E-state index in [1.165, 1.54) is 24.4 Å². The number of rotatable bonds is 6. The highest BCUT2D eigenvalue weighted by atomic mass is 32.2. The van der Waals surface area contributed by atoms with Crippen LogP contribution in [-0.4, -0.2) is 34.2 Å². The van der Waals surface area contributed by atoms with Crippen LogP contribution in [0, 0.1) is 12.7 Å². The monoisotopic (exact) mass is 364 g/mol. The molecule has 7 nitrogen and oxygen atoms in total. The molecule has 3 N–H and O–H groups in total. The van der Waals surface area contributed by atoms with Gasteiger partial charge in [0, 0.05) is 11.9 Å². The van der Waals surface area contributed by atoms with Crippen molar-refractivity contribution in [2.75, 3.05) is 23.4 Å². The number of carbonyl (C=O) groups excluding carboxylic acids is 2. The summed E-state index contributed by atoms with van der Waals surface area (Å²) in [6.45, 7) is 3.60. The van der Waals surface area contributed by atoms with Crippen molar-refractivity contribution in [3.8, 4) is 0 Å². The van der Waals surface area contributed by atoms with E-state index >= 15 is 0 Å². The summed E-state index contributed by atoms with van der Waals surface area (Å²) in [5.74, 6) is -1.23. The standard InChI is InChI=1S/C16H17FN4O3S/c1-3-24-15(23)11-7-19-16(21-14(11)18)25-8-13(22)20-12-5-4-10(17)6-9(12)2/h4-7H,3,8H2,1-2H3,(H,20,22)(H2,18,19,21). The molecule has 0 saturated heterocycles. The number of ether oxygens (including phenoxy) is 1. The summed E-state index contributed by atoms with van der Waals surface area (Å²) >= 11 is 1.06. The summed E-state index contributed by atoms with van der Waals surface area (Å²) in [5, 5.41) is 2.94. The largest absolute Gasteiger partial charge is 0.462 e. The van der Waals surface area contributed by atoms with E-state index in [1.54, 1.807) is 13.8 Å². The maximum Gasteiger partial charge on any atom is 0.343 e. The van der Waals surface area contributed by atoms with E-state index in [9.17, 15) is 14.0 Å². The number of aromatic nitrogens is 2. The summed E-state index contributed by atoms with van der Waals surface area (Å²) in [5.41, 5.74) is 6.95. The molecular weight excluding hydrogens is 347 g/mol. The molecule has 0 aliphatic carbocycles. The average molecular weight is 364 g/mol. The second kappa shape index (κ2) is 8.43. The Hall–Kier alpha value is -2.68. The number of nitrogens with two attached hydrogens (primary N) is 1. The first-order chi connectivity index (χ1) is 11.9. The lowest BCUT2D eigenvalue weighted by Gasteiger charge is -2.08. The molecule has 0 aliphatic rings. The number of benzene rings is 1. The zero-order valence-corrected chi connectivity index (χ0v) is 14.5. The Morgan fingerprint density at radius 2 is 2.16 bits per heavy atom. The molecule has 25 heavy (non-hydrogen) atoms. The van der Waals surface area contributed by atoms with Gasteiger partial charge in [0.05, 0.1) is 12.4 Å². The topological polar surface area (TPSA) is 107 Å². The second-order valence-corrected chi connectivity index (χ2v) is 5.91. The third-order valence-electron chi connectivity index (χ3n) is 3.09. The van der Waals surface area contributed by atoms with Gasteiger partial charge in [-0.05, 0) is 37.6 Å². The predicted octanol–water partition coefficient (Wildman–Crippen LogP) is 2.41. The van der Waals surface area contributed by atoms with Gasteiger partial charge in [-0.1, -0.05) is 11.8 Å². The molecule has 1 heterocycles. The lowest BCUT2D eigenvalue weighted by Crippen LogP contribution is -2.15. The molecule has 1 aromatic carbocycles. The van der Waals surface area contributed by atoms with Crippen LogP contribution in [0.1, 0.15) is 22.8 Å². The van der Waals surface area contributed by atoms with Gasteiger partial charge in [-0.15, -0.1) is 0 Å². The Bertz CT molecular complexity index is 801. The Morgan fingerprint density at radius 3 is 2.80 bits per heavy atom. The summed E-state index contributed by atoms with van der Waals surface area (Å²) in [6.07, 6.45) is 1.27. The minimum Gasteiger partial charge on any atom is -0.462 e. The molecule has 0 fully saturated rings. The SMILES string of the molecule is CCOC(=O)c1cnc(SCC(=O)Nc2ccc(F)cc2C)nc1N. The fraction of sp³-hybridized carbons (Fsp3) is 0.250. The number of thioether (sulfide) groups is 1. The Morgan fingerprint density at radius 1 is 1.40 bits per heavy atom. The number of carbonyl (C=O) groups is 2. The molecule has 0 atom stereocenters. The maximum atomic E-state index is 13.1. The smallest absolute Gasteiger partial charge is 0.343 e. The van der Waals surface area contributed by atoms with Crippen molar-refractivity contribution >= 4 is 35.1 Å². The summed E-state index contributed by atoms with van der Waals surface area (Å²) < 4.78 is 17.9. The molecular formula is C16H17FN4O3S. The Labute approximate surface area is 148 Å². The zero-order valence-electron chi connectivity index (χ0n) is 13.7. The summed E-state index contributed by atoms with van der Waals surface area (Å²) in [7, 11) is 0. The molecule has 0 unspecified atom stereocenters. The molecule has 1 aromatic heterocycles. The van der Waals surface area contributed by atoms with Gasteiger partial charge in [0.15, 0.2) is 5.16 Å². The Balaban J connectivity index is 1.95. The predicted molar refractivity (Wildman–Crippen MR) is 92.9 cm³/mol. The first-order valence-corrected chi connectivity index (χ1v) is 8.37. The highest BCUT2D eigenvalue weighted by Crippen LogP contribution is 2.19. The van der Waals surface area contributed by atoms with Gasteiger partial charge in [0.1, 0.15) is 17.2 Å². The van der Waals surface area contributed by atoms with Gasteiger partial charge >= 0.3 is 5.97 Å². The number of nitrogens with one attached hydrogen (secondary N) is 1. The van der Waals surface area contributed by atoms with Gasteiger partial charge < -0.3 is 15.8 Å². The zero-order chi connectivity index (χ0) is 18.4. The van der Waals surface area contributed by atoms with Crippen LogP contribution in [0.15, 0.2) is 29.6 Å². The second-order valence-electron chi connectivity index (χ2n) is 4.97. The van der Waals surface area contributed by atoms with Crippen LogP contribution in [0.5, 0.6) is 0 Å². The average Bonchev–Trinajstić information content (AvgIpc) is 2.56. The number of aryl methyl sites for hydroxylation is 1. The summed E-state index contributed by atoms with van der Waals surface area (Å²) in [6, 6.07) is 4.10. The van der Waals surface area contributed by atoms with Crippen molar-refractivity contribution in [2.45, 2.75) is 19.0 Å². The quantitative estimate of drug-likeness (QED) is 0.460. The van der Waals surface area contributed by atoms with Gasteiger partial charge in [-0.3, -0.25) is 4.79 Å². The van der Waals surface area contributed by atoms with E-state index in [-0.39, 0.29) is 40.6 Å². The number of amides is 1. The van der Waals surface area contributed by atoms with Gasteiger partial charge in [-0.2, -0.15) is 0 Å². The van der Waals surface area contributed by atoms with E-state index in [4.69, 9.17) is 10.5 Å². The van der Waals surface area contributed by atoms with E-state index in [2.05, 4.69) is 15.3 Å². The normalized spacial score (nSPS) is 10.4. The van der Waals surface area contributed by atoms with Gasteiger partial charge in [0.2, 0.25) is 5.91 Å². The number of nitrogen functional groups attached to an aromatic ring is 1. The van der Waals surface area contributed by atoms with Crippen molar-refractivity contribution in [2.24, 2.45) is 0 Å². The van der Waals surface area contributed by atoms with Crippen LogP contribution in [0.4, 0.5) is 15.9 Å². The minimum atomic E-state index is -0.596. The van der Waals surface area contributed by atoms with Gasteiger partial charge in [-0.25, -0.2) is 19.2 Å². The van der Waals surface area contributed by atoms with Crippen molar-refractivity contribution in [1.82, 2.24) is 9.97 Å². The molecule has 0 radical (unpaired) electrons. The van der Waals surface area contributed by atoms with Crippen LogP contribution in [0.2, 0.25) is 0 Å². The van der Waals surface area contributed by atoms with E-state index in [0.717, 1.165) is 11.8 Å². The molecule has 9 heteroatoms. The third kappa shape index (κ3) is 5.15. The maximum absolute atomic E-state index is 13.1. The number of anilines is 2. The van der Waals surface area contributed by atoms with Crippen LogP contribution >= 0.6 is 11.8 Å². The third-order valence-corrected chi connectivity index (χ3v) is 3.95. The molecule has 0 aliphatic heterocycles. The minimum absolute atomic E-state index is 0.00858. The number of esters is 1. The highest BCUT2D eigenvalue weighted by molar-refractivity contribution is 7.99. The van der Waals surface area contributed by atoms with Crippen molar-refractivity contribution in [1.29, 1.82) is 0 Å². The number of hydrogen-bond donors (Lipinski definition) is 2. The molecule has 132 valence electrons. The first-order valence-electron chi connectivity index (χ1n) is 7.39. The fourth-order valence-electron chi connectivity index (χ4n) is 1.90. The first kappa shape index (κ1) is 18.7. The van der Waals surface area contributed by atoms with Crippen molar-refractivity contribution in [3.63, 3.8) is 0 Å². The van der Waals surface area contributed by atoms with Crippen LogP contribution in [-0.2, 0) is 9.53 Å². The summed E-state index contributed by atoms with van der Waals surface area (Å²) in [4.78, 5) is 31.6. The van der Waals surface area contributed by atoms with Crippen LogP contribution < -0.4 is 11.1 Å². The van der Waals surface area contributed by atoms with Crippen molar-refractivity contribution < 1.29 is 18.7 Å². The van der Waals surface area contributed by atoms with E-state index in [1.807, 2.05) is 0 Å². The fourth-order valence-corrected chi connectivity index (χ4v) is 2.52. The lowest BCUT2D eigenvalue weighted by molar-refractivity contribution is -0.113. The van der Waals surface area contributed by atoms with Gasteiger partial charge in [0.25, 0.3) is 0 Å². The van der Waals surface area contributed by atoms with Crippen LogP contribution in [0.3, 0.4) is 0 Å². The molecule has 2 rings (SSSR count). The lowest BCUT2D eigenvalue weighted by atomic mass is 10.2.